The van der Waals surface area contributed by atoms with Crippen molar-refractivity contribution in [2.75, 3.05) is 105 Å². The Kier molecular flexibility index (Phi) is 20.7. The molecule has 13 aromatic rings. The Bertz CT molecular complexity index is 5640. The first-order chi connectivity index (χ1) is 54.0. The normalized spacial score (nSPS) is 16.3. The largest absolute Gasteiger partial charge is 0.507 e. The number of likely N-dealkylation sites (N-methyl/N-ethyl adjacent to an activating group) is 1. The molecule has 570 valence electrons. The summed E-state index contributed by atoms with van der Waals surface area (Å²) in [6.45, 7) is 22.6. The van der Waals surface area contributed by atoms with Gasteiger partial charge in [0.05, 0.1) is 37.9 Å². The summed E-state index contributed by atoms with van der Waals surface area (Å²) in [4.78, 5) is 71.0. The van der Waals surface area contributed by atoms with Gasteiger partial charge in [-0.25, -0.2) is 14.4 Å². The van der Waals surface area contributed by atoms with E-state index in [0.717, 1.165) is 40.9 Å². The van der Waals surface area contributed by atoms with Gasteiger partial charge in [-0.05, 0) is 104 Å². The molecule has 9 heterocycles. The van der Waals surface area contributed by atoms with Crippen molar-refractivity contribution >= 4 is 83.1 Å². The number of pyridine rings is 3. The Labute approximate surface area is 644 Å². The van der Waals surface area contributed by atoms with Crippen LogP contribution in [0.5, 0.6) is 17.2 Å². The number of fused-ring (bicyclic) bond motifs is 9. The number of hydrogen-bond donors (Lipinski definition) is 3. The number of aromatic nitrogens is 3. The third-order valence-electron chi connectivity index (χ3n) is 22.6. The zero-order valence-corrected chi connectivity index (χ0v) is 64.1. The maximum atomic E-state index is 14.9. The minimum atomic E-state index is -0.677. The summed E-state index contributed by atoms with van der Waals surface area (Å²) < 4.78 is 38.3. The number of phenolic OH excluding ortho intramolecular Hbond substituents is 3. The summed E-state index contributed by atoms with van der Waals surface area (Å²) in [5.74, 6) is -0.117. The predicted octanol–water partition coefficient (Wildman–Crippen LogP) is 15.9. The number of furan rings is 3. The molecule has 0 aliphatic carbocycles. The molecular formula is C90H93N9O12. The van der Waals surface area contributed by atoms with Crippen LogP contribution in [-0.2, 0) is 39.1 Å². The molecule has 111 heavy (non-hydrogen) atoms. The quantitative estimate of drug-likeness (QED) is 0.0448. The molecule has 3 unspecified atom stereocenters. The highest BCUT2D eigenvalue weighted by Crippen LogP contribution is 2.54. The van der Waals surface area contributed by atoms with Crippen LogP contribution in [0.3, 0.4) is 0 Å². The number of rotatable bonds is 21. The number of aryl methyl sites for hydroxylation is 1. The minimum absolute atomic E-state index is 0.0275. The van der Waals surface area contributed by atoms with Crippen LogP contribution in [0, 0.1) is 0 Å². The molecule has 21 heteroatoms. The van der Waals surface area contributed by atoms with E-state index in [4.69, 9.17) is 27.5 Å². The van der Waals surface area contributed by atoms with E-state index in [-0.39, 0.29) is 48.2 Å². The molecule has 21 nitrogen and oxygen atoms in total. The molecule has 16 rings (SSSR count). The van der Waals surface area contributed by atoms with Gasteiger partial charge in [0.1, 0.15) is 68.0 Å². The zero-order chi connectivity index (χ0) is 76.9. The summed E-state index contributed by atoms with van der Waals surface area (Å²) in [5.41, 5.74) is 8.64. The SMILES string of the molecule is CCOC(=O)c1c(CC)oc2c1c(C(c1ccncc1)N1CCN(Cc3ccc4c(c3)c(O)c(C(c3ccncc3)N3CCN(Cc5ccc6c(c5)c(O)c(C(c5ccncc5)N5CCN(C)CC5)c5c(C(=O)OCC)c(-c7ccccc7)oc56)CC3)c3c(C(=O)OCC)c(C(C)(C)C)oc34)CC1)c(O)c1ccccc12. The van der Waals surface area contributed by atoms with E-state index in [2.05, 4.69) is 75.7 Å². The van der Waals surface area contributed by atoms with Crippen LogP contribution >= 0.6 is 0 Å². The lowest BCUT2D eigenvalue weighted by molar-refractivity contribution is 0.0514. The maximum Gasteiger partial charge on any atom is 0.342 e. The molecule has 3 aliphatic heterocycles. The van der Waals surface area contributed by atoms with Gasteiger partial charge in [-0.1, -0.05) is 107 Å². The number of phenols is 3. The molecule has 0 radical (unpaired) electrons. The lowest BCUT2D eigenvalue weighted by atomic mass is 9.85. The van der Waals surface area contributed by atoms with Crippen molar-refractivity contribution in [2.45, 2.75) is 91.5 Å². The fourth-order valence-corrected chi connectivity index (χ4v) is 17.4. The van der Waals surface area contributed by atoms with Crippen LogP contribution in [-0.4, -0.2) is 183 Å². The van der Waals surface area contributed by atoms with E-state index in [9.17, 15) is 29.7 Å². The van der Waals surface area contributed by atoms with Crippen molar-refractivity contribution in [3.63, 3.8) is 0 Å². The van der Waals surface area contributed by atoms with Crippen molar-refractivity contribution in [1.29, 1.82) is 0 Å². The van der Waals surface area contributed by atoms with E-state index in [0.29, 0.717) is 195 Å². The predicted molar refractivity (Wildman–Crippen MR) is 429 cm³/mol. The van der Waals surface area contributed by atoms with E-state index < -0.39 is 41.4 Å². The van der Waals surface area contributed by atoms with Gasteiger partial charge in [-0.15, -0.1) is 0 Å². The second kappa shape index (κ2) is 31.0. The van der Waals surface area contributed by atoms with Crippen molar-refractivity contribution in [2.24, 2.45) is 0 Å². The summed E-state index contributed by atoms with van der Waals surface area (Å²) in [7, 11) is 2.11. The Morgan fingerprint density at radius 2 is 0.811 bits per heavy atom. The van der Waals surface area contributed by atoms with Crippen LogP contribution in [0.1, 0.15) is 154 Å². The molecule has 0 bridgehead atoms. The number of piperazine rings is 3. The van der Waals surface area contributed by atoms with Gasteiger partial charge >= 0.3 is 17.9 Å². The van der Waals surface area contributed by atoms with Crippen molar-refractivity contribution < 1.29 is 57.2 Å². The second-order valence-electron chi connectivity index (χ2n) is 30.4. The van der Waals surface area contributed by atoms with Crippen LogP contribution < -0.4 is 0 Å². The molecule has 0 saturated carbocycles. The zero-order valence-electron chi connectivity index (χ0n) is 64.1. The van der Waals surface area contributed by atoms with Crippen molar-refractivity contribution in [3.8, 4) is 28.6 Å². The van der Waals surface area contributed by atoms with Crippen LogP contribution in [0.15, 0.2) is 178 Å². The number of aromatic hydroxyl groups is 3. The van der Waals surface area contributed by atoms with Crippen LogP contribution in [0.25, 0.3) is 76.5 Å². The minimum Gasteiger partial charge on any atom is -0.507 e. The first-order valence-electron chi connectivity index (χ1n) is 38.8. The van der Waals surface area contributed by atoms with Crippen LogP contribution in [0.2, 0.25) is 0 Å². The number of ether oxygens (including phenoxy) is 3. The van der Waals surface area contributed by atoms with Gasteiger partial charge in [-0.3, -0.25) is 39.5 Å². The third-order valence-corrected chi connectivity index (χ3v) is 22.6. The number of benzene rings is 7. The third kappa shape index (κ3) is 13.7. The standard InChI is InChI=1S/C90H93N9O12/c1-9-66-67(87(103)106-10-2)68-71(79(100)60-20-16-17-21-61(60)83(68)109-66)76(56-26-32-91-33-27-56)98-46-40-95(41-47-98)53-55-23-25-63-65(51-55)81(102)73(70-75(89(105)108-12-4)86(90(5,6)7)111-85(63)70)78(58-30-36-93-37-31-58)99-48-42-96(43-49-99)52-54-22-24-62-64(50-54)80(101)72(77(57-28-34-92-35-29-57)97-44-38-94(8)39-45-97)69-74(88(104)107-11-3)82(110-84(62)69)59-18-14-13-15-19-59/h13-37,50-51,76-78,100-102H,9-12,38-49,52-53H2,1-8H3. The molecule has 7 aromatic carbocycles. The van der Waals surface area contributed by atoms with Gasteiger partial charge in [0, 0.05) is 211 Å². The Morgan fingerprint density at radius 1 is 0.432 bits per heavy atom. The van der Waals surface area contributed by atoms with E-state index in [1.54, 1.807) is 58.0 Å². The van der Waals surface area contributed by atoms with Crippen molar-refractivity contribution in [1.82, 2.24) is 44.4 Å². The molecule has 0 spiro atoms. The highest BCUT2D eigenvalue weighted by atomic mass is 16.5. The number of esters is 3. The summed E-state index contributed by atoms with van der Waals surface area (Å²) >= 11 is 0. The van der Waals surface area contributed by atoms with Gasteiger partial charge in [0.25, 0.3) is 0 Å². The van der Waals surface area contributed by atoms with E-state index >= 15 is 0 Å². The topological polar surface area (TPSA) is 237 Å². The summed E-state index contributed by atoms with van der Waals surface area (Å²) in [6.07, 6.45) is 11.0. The van der Waals surface area contributed by atoms with E-state index in [1.165, 1.54) is 0 Å². The number of hydrogen-bond acceptors (Lipinski definition) is 21. The molecular weight excluding hydrogens is 1400 g/mol. The Hall–Kier alpha value is -11.0. The van der Waals surface area contributed by atoms with E-state index in [1.807, 2.05) is 131 Å². The fraction of sp³-hybridized carbons (Fsp3) is 0.333. The molecule has 3 N–H and O–H groups in total. The molecule has 3 atom stereocenters. The first-order valence-corrected chi connectivity index (χ1v) is 38.8. The smallest absolute Gasteiger partial charge is 0.342 e. The molecule has 0 amide bonds. The molecule has 6 aromatic heterocycles. The summed E-state index contributed by atoms with van der Waals surface area (Å²) in [5, 5.41) is 45.0. The van der Waals surface area contributed by atoms with Gasteiger partial charge in [0.15, 0.2) is 0 Å². The van der Waals surface area contributed by atoms with Crippen LogP contribution in [0.4, 0.5) is 0 Å². The average molecular weight is 1490 g/mol. The number of nitrogens with zero attached hydrogens (tertiary/aromatic N) is 9. The molecule has 3 fully saturated rings. The van der Waals surface area contributed by atoms with Gasteiger partial charge < -0.3 is 47.7 Å². The fourth-order valence-electron chi connectivity index (χ4n) is 17.4. The Balaban J connectivity index is 0.745. The average Bonchev–Trinajstić information content (AvgIpc) is 1.63. The first kappa shape index (κ1) is 74.1. The molecule has 3 aliphatic rings. The lowest BCUT2D eigenvalue weighted by Gasteiger charge is -2.40. The Morgan fingerprint density at radius 3 is 1.26 bits per heavy atom. The highest BCUT2D eigenvalue weighted by Gasteiger charge is 2.42. The number of carbonyl (C=O) groups is 3. The monoisotopic (exact) mass is 1490 g/mol. The lowest BCUT2D eigenvalue weighted by Crippen LogP contribution is -2.47. The highest BCUT2D eigenvalue weighted by molar-refractivity contribution is 6.20. The number of carbonyl (C=O) groups excluding carboxylic acids is 3. The van der Waals surface area contributed by atoms with Gasteiger partial charge in [-0.2, -0.15) is 0 Å². The summed E-state index contributed by atoms with van der Waals surface area (Å²) in [6, 6.07) is 39.7. The second-order valence-corrected chi connectivity index (χ2v) is 30.4. The maximum absolute atomic E-state index is 14.9. The van der Waals surface area contributed by atoms with Gasteiger partial charge in [0.2, 0.25) is 0 Å². The van der Waals surface area contributed by atoms with Crippen molar-refractivity contribution in [3.05, 3.63) is 237 Å². The molecule has 3 saturated heterocycles.